The molecule has 13 heavy (non-hydrogen) atoms. The number of aliphatic carboxylic acids is 1. The number of carboxylic acids is 1. The maximum absolute atomic E-state index is 10.9. The van der Waals surface area contributed by atoms with E-state index in [-0.39, 0.29) is 18.7 Å². The van der Waals surface area contributed by atoms with Gasteiger partial charge < -0.3 is 16.2 Å². The fourth-order valence-corrected chi connectivity index (χ4v) is 0.806. The average Bonchev–Trinajstić information content (AvgIpc) is 2.10. The fraction of sp³-hybridized carbons (Fsp3) is 0.714. The molecule has 0 rings (SSSR count). The molecule has 0 aliphatic heterocycles. The van der Waals surface area contributed by atoms with Crippen LogP contribution in [-0.2, 0) is 9.59 Å². The Bertz CT molecular complexity index is 187. The van der Waals surface area contributed by atoms with Gasteiger partial charge in [0.2, 0.25) is 5.91 Å². The first-order valence-electron chi connectivity index (χ1n) is 3.94. The quantitative estimate of drug-likeness (QED) is 0.429. The zero-order chi connectivity index (χ0) is 10.3. The number of amides is 1. The minimum absolute atomic E-state index is 0.140. The topological polar surface area (TPSA) is 92.4 Å². The van der Waals surface area contributed by atoms with E-state index in [0.29, 0.717) is 12.3 Å². The summed E-state index contributed by atoms with van der Waals surface area (Å²) in [6, 6.07) is -0.957. The Labute approximate surface area is 82.1 Å². The summed E-state index contributed by atoms with van der Waals surface area (Å²) < 4.78 is 0. The summed E-state index contributed by atoms with van der Waals surface area (Å²) in [5.74, 6) is -0.704. The van der Waals surface area contributed by atoms with Gasteiger partial charge in [0, 0.05) is 18.7 Å². The predicted octanol–water partition coefficient (Wildman–Crippen LogP) is -0.776. The maximum Gasteiger partial charge on any atom is 0.320 e. The zero-order valence-electron chi connectivity index (χ0n) is 7.19. The highest BCUT2D eigenvalue weighted by molar-refractivity contribution is 7.80. The molecule has 0 saturated heterocycles. The molecule has 1 amide bonds. The van der Waals surface area contributed by atoms with E-state index >= 15 is 0 Å². The minimum atomic E-state index is -1.08. The van der Waals surface area contributed by atoms with Crippen molar-refractivity contribution < 1.29 is 14.7 Å². The second kappa shape index (κ2) is 6.73. The van der Waals surface area contributed by atoms with Crippen molar-refractivity contribution in [1.29, 1.82) is 0 Å². The van der Waals surface area contributed by atoms with Crippen molar-refractivity contribution in [3.8, 4) is 0 Å². The van der Waals surface area contributed by atoms with Crippen LogP contribution < -0.4 is 11.1 Å². The molecule has 0 spiro atoms. The monoisotopic (exact) mass is 206 g/mol. The van der Waals surface area contributed by atoms with Crippen LogP contribution in [0.2, 0.25) is 0 Å². The standard InChI is InChI=1S/C7H14N2O3S/c8-5(7(11)12)1-2-6(10)9-3-4-13/h5,13H,1-4,8H2,(H,9,10)(H,11,12)/t5-/m0/s1. The SMILES string of the molecule is N[C@@H](CCC(=O)NCCS)C(=O)O. The molecule has 4 N–H and O–H groups in total. The van der Waals surface area contributed by atoms with Gasteiger partial charge in [-0.2, -0.15) is 12.6 Å². The highest BCUT2D eigenvalue weighted by Gasteiger charge is 2.12. The summed E-state index contributed by atoms with van der Waals surface area (Å²) in [4.78, 5) is 21.2. The number of carbonyl (C=O) groups excluding carboxylic acids is 1. The first-order valence-corrected chi connectivity index (χ1v) is 4.57. The summed E-state index contributed by atoms with van der Waals surface area (Å²) in [7, 11) is 0. The molecule has 0 fully saturated rings. The molecule has 5 nitrogen and oxygen atoms in total. The lowest BCUT2D eigenvalue weighted by Crippen LogP contribution is -2.33. The van der Waals surface area contributed by atoms with Crippen molar-refractivity contribution >= 4 is 24.5 Å². The molecule has 0 aliphatic carbocycles. The lowest BCUT2D eigenvalue weighted by molar-refractivity contribution is -0.138. The van der Waals surface area contributed by atoms with Gasteiger partial charge in [0.05, 0.1) is 0 Å². The molecule has 0 aromatic rings. The zero-order valence-corrected chi connectivity index (χ0v) is 8.09. The van der Waals surface area contributed by atoms with Crippen molar-refractivity contribution in [1.82, 2.24) is 5.32 Å². The molecule has 0 bridgehead atoms. The fourth-order valence-electron chi connectivity index (χ4n) is 0.694. The van der Waals surface area contributed by atoms with E-state index in [1.54, 1.807) is 0 Å². The maximum atomic E-state index is 10.9. The number of thiol groups is 1. The van der Waals surface area contributed by atoms with Crippen LogP contribution in [0.25, 0.3) is 0 Å². The lowest BCUT2D eigenvalue weighted by atomic mass is 10.1. The van der Waals surface area contributed by atoms with Gasteiger partial charge in [0.1, 0.15) is 6.04 Å². The van der Waals surface area contributed by atoms with Crippen molar-refractivity contribution in [3.63, 3.8) is 0 Å². The molecule has 0 aromatic carbocycles. The molecule has 0 heterocycles. The highest BCUT2D eigenvalue weighted by Crippen LogP contribution is 1.94. The highest BCUT2D eigenvalue weighted by atomic mass is 32.1. The van der Waals surface area contributed by atoms with Crippen LogP contribution in [0.1, 0.15) is 12.8 Å². The van der Waals surface area contributed by atoms with E-state index in [2.05, 4.69) is 17.9 Å². The van der Waals surface area contributed by atoms with Gasteiger partial charge in [-0.1, -0.05) is 0 Å². The van der Waals surface area contributed by atoms with E-state index in [9.17, 15) is 9.59 Å². The van der Waals surface area contributed by atoms with Crippen LogP contribution in [0.3, 0.4) is 0 Å². The molecule has 0 radical (unpaired) electrons. The van der Waals surface area contributed by atoms with Crippen LogP contribution >= 0.6 is 12.6 Å². The summed E-state index contributed by atoms with van der Waals surface area (Å²) in [5.41, 5.74) is 5.20. The lowest BCUT2D eigenvalue weighted by Gasteiger charge is -2.05. The normalized spacial score (nSPS) is 12.2. The molecular formula is C7H14N2O3S. The Morgan fingerprint density at radius 3 is 2.62 bits per heavy atom. The summed E-state index contributed by atoms with van der Waals surface area (Å²) >= 11 is 3.90. The van der Waals surface area contributed by atoms with E-state index in [0.717, 1.165) is 0 Å². The van der Waals surface area contributed by atoms with E-state index in [1.165, 1.54) is 0 Å². The van der Waals surface area contributed by atoms with Gasteiger partial charge in [-0.05, 0) is 6.42 Å². The molecular weight excluding hydrogens is 192 g/mol. The third-order valence-electron chi connectivity index (χ3n) is 1.43. The van der Waals surface area contributed by atoms with Gasteiger partial charge in [0.15, 0.2) is 0 Å². The Hall–Kier alpha value is -0.750. The van der Waals surface area contributed by atoms with E-state index < -0.39 is 12.0 Å². The van der Waals surface area contributed by atoms with Crippen molar-refractivity contribution in [3.05, 3.63) is 0 Å². The van der Waals surface area contributed by atoms with Crippen molar-refractivity contribution in [2.45, 2.75) is 18.9 Å². The molecule has 0 aromatic heterocycles. The van der Waals surface area contributed by atoms with Gasteiger partial charge in [-0.3, -0.25) is 9.59 Å². The molecule has 0 saturated carbocycles. The van der Waals surface area contributed by atoms with Crippen molar-refractivity contribution in [2.24, 2.45) is 5.73 Å². The Balaban J connectivity index is 3.52. The Morgan fingerprint density at radius 2 is 2.15 bits per heavy atom. The summed E-state index contributed by atoms with van der Waals surface area (Å²) in [5, 5.41) is 11.0. The number of hydrogen-bond donors (Lipinski definition) is 4. The van der Waals surface area contributed by atoms with E-state index in [1.807, 2.05) is 0 Å². The third kappa shape index (κ3) is 6.41. The first-order chi connectivity index (χ1) is 6.07. The number of nitrogens with two attached hydrogens (primary N) is 1. The van der Waals surface area contributed by atoms with Crippen LogP contribution in [0.5, 0.6) is 0 Å². The smallest absolute Gasteiger partial charge is 0.320 e. The van der Waals surface area contributed by atoms with Gasteiger partial charge in [0.25, 0.3) is 0 Å². The molecule has 76 valence electrons. The second-order valence-corrected chi connectivity index (χ2v) is 3.00. The molecule has 0 aliphatic rings. The van der Waals surface area contributed by atoms with Crippen LogP contribution in [-0.4, -0.2) is 35.3 Å². The van der Waals surface area contributed by atoms with Gasteiger partial charge >= 0.3 is 5.97 Å². The molecule has 1 atom stereocenters. The predicted molar refractivity (Wildman–Crippen MR) is 51.7 cm³/mol. The third-order valence-corrected chi connectivity index (χ3v) is 1.66. The van der Waals surface area contributed by atoms with Gasteiger partial charge in [-0.15, -0.1) is 0 Å². The number of hydrogen-bond acceptors (Lipinski definition) is 4. The number of nitrogens with one attached hydrogen (secondary N) is 1. The van der Waals surface area contributed by atoms with Crippen LogP contribution in [0, 0.1) is 0 Å². The summed E-state index contributed by atoms with van der Waals surface area (Å²) in [6.45, 7) is 0.490. The van der Waals surface area contributed by atoms with E-state index in [4.69, 9.17) is 10.8 Å². The Kier molecular flexibility index (Phi) is 6.34. The average molecular weight is 206 g/mol. The summed E-state index contributed by atoms with van der Waals surface area (Å²) in [6.07, 6.45) is 0.301. The number of carbonyl (C=O) groups is 2. The molecule has 0 unspecified atom stereocenters. The molecule has 6 heteroatoms. The largest absolute Gasteiger partial charge is 0.480 e. The van der Waals surface area contributed by atoms with Crippen molar-refractivity contribution in [2.75, 3.05) is 12.3 Å². The Morgan fingerprint density at radius 1 is 1.54 bits per heavy atom. The van der Waals surface area contributed by atoms with Gasteiger partial charge in [-0.25, -0.2) is 0 Å². The van der Waals surface area contributed by atoms with Crippen LogP contribution in [0.4, 0.5) is 0 Å². The minimum Gasteiger partial charge on any atom is -0.480 e. The number of carboxylic acid groups (broad SMARTS) is 1. The number of rotatable bonds is 6. The van der Waals surface area contributed by atoms with Crippen LogP contribution in [0.15, 0.2) is 0 Å². The first kappa shape index (κ1) is 12.2. The second-order valence-electron chi connectivity index (χ2n) is 2.56.